The molecule has 0 aliphatic carbocycles. The maximum Gasteiger partial charge on any atom is 0.316 e. The minimum absolute atomic E-state index is 0.0670. The predicted molar refractivity (Wildman–Crippen MR) is 153 cm³/mol. The molecule has 5 rings (SSSR count). The number of anilines is 2. The van der Waals surface area contributed by atoms with Crippen molar-refractivity contribution in [1.82, 2.24) is 18.4 Å². The number of nitrogens with zero attached hydrogens (tertiary/aromatic N) is 5. The third kappa shape index (κ3) is 6.14. The molecule has 0 radical (unpaired) electrons. The van der Waals surface area contributed by atoms with Crippen LogP contribution in [-0.2, 0) is 25.8 Å². The van der Waals surface area contributed by atoms with Crippen molar-refractivity contribution in [3.05, 3.63) is 76.7 Å². The molecular formula is C26H32N6O6S2. The molecule has 12 nitrogen and oxygen atoms in total. The second kappa shape index (κ2) is 11.2. The van der Waals surface area contributed by atoms with Crippen molar-refractivity contribution in [2.24, 2.45) is 0 Å². The molecule has 3 heterocycles. The van der Waals surface area contributed by atoms with E-state index in [1.54, 1.807) is 54.7 Å². The molecule has 2 saturated heterocycles. The van der Waals surface area contributed by atoms with Gasteiger partial charge in [-0.2, -0.15) is 18.4 Å². The van der Waals surface area contributed by atoms with Crippen LogP contribution in [0.1, 0.15) is 12.0 Å². The van der Waals surface area contributed by atoms with Gasteiger partial charge >= 0.3 is 5.56 Å². The fourth-order valence-corrected chi connectivity index (χ4v) is 7.29. The zero-order valence-corrected chi connectivity index (χ0v) is 23.7. The lowest BCUT2D eigenvalue weighted by molar-refractivity contribution is 0.211. The molecule has 2 N–H and O–H groups in total. The van der Waals surface area contributed by atoms with Gasteiger partial charge in [-0.3, -0.25) is 4.79 Å². The van der Waals surface area contributed by atoms with Gasteiger partial charge in [0.1, 0.15) is 11.8 Å². The number of piperazine rings is 1. The fourth-order valence-electron chi connectivity index (χ4n) is 4.90. The highest BCUT2D eigenvalue weighted by molar-refractivity contribution is 7.88. The first kappa shape index (κ1) is 28.1. The summed E-state index contributed by atoms with van der Waals surface area (Å²) >= 11 is 0. The molecule has 1 aromatic heterocycles. The second-order valence-corrected chi connectivity index (χ2v) is 13.9. The molecule has 2 aliphatic heterocycles. The monoisotopic (exact) mass is 588 g/mol. The minimum atomic E-state index is -3.56. The van der Waals surface area contributed by atoms with E-state index < -0.39 is 31.7 Å². The molecule has 214 valence electrons. The number of hydrogen-bond donors (Lipinski definition) is 1. The standard InChI is InChI=1S/C26H32N6O6S2/c1-39(34,35)31-12-11-23(18-31)38-25-24(17-28-32(26(25)33)22-5-3-2-4-6-22)29-13-15-30(16-14-29)40(36,37)19-20-7-9-21(27)10-8-20/h2-10,17,23H,11-16,18-19,27H2,1H3/t23-/m1/s1. The van der Waals surface area contributed by atoms with Gasteiger partial charge < -0.3 is 15.4 Å². The van der Waals surface area contributed by atoms with Crippen LogP contribution in [0.25, 0.3) is 5.69 Å². The van der Waals surface area contributed by atoms with E-state index in [4.69, 9.17) is 10.5 Å². The van der Waals surface area contributed by atoms with E-state index in [0.29, 0.717) is 48.7 Å². The van der Waals surface area contributed by atoms with Gasteiger partial charge in [-0.05, 0) is 36.2 Å². The Kier molecular flexibility index (Phi) is 7.86. The largest absolute Gasteiger partial charge is 0.481 e. The Hall–Kier alpha value is -3.46. The summed E-state index contributed by atoms with van der Waals surface area (Å²) < 4.78 is 60.4. The van der Waals surface area contributed by atoms with Crippen LogP contribution >= 0.6 is 0 Å². The third-order valence-corrected chi connectivity index (χ3v) is 10.2. The van der Waals surface area contributed by atoms with Crippen LogP contribution in [0.4, 0.5) is 11.4 Å². The third-order valence-electron chi connectivity index (χ3n) is 7.08. The molecule has 0 amide bonds. The quantitative estimate of drug-likeness (QED) is 0.379. The number of nitrogen functional groups attached to an aromatic ring is 1. The summed E-state index contributed by atoms with van der Waals surface area (Å²) in [5.74, 6) is -0.0631. The van der Waals surface area contributed by atoms with Crippen molar-refractivity contribution in [3.63, 3.8) is 0 Å². The SMILES string of the molecule is CS(=O)(=O)N1CC[C@@H](Oc2c(N3CCN(S(=O)(=O)Cc4ccc(N)cc4)CC3)cnn(-c3ccccc3)c2=O)C1. The van der Waals surface area contributed by atoms with Gasteiger partial charge in [0.2, 0.25) is 25.8 Å². The Morgan fingerprint density at radius 1 is 0.925 bits per heavy atom. The molecule has 0 saturated carbocycles. The van der Waals surface area contributed by atoms with E-state index >= 15 is 0 Å². The molecule has 0 spiro atoms. The molecule has 0 bridgehead atoms. The highest BCUT2D eigenvalue weighted by atomic mass is 32.2. The van der Waals surface area contributed by atoms with E-state index in [9.17, 15) is 21.6 Å². The number of hydrogen-bond acceptors (Lipinski definition) is 9. The smallest absolute Gasteiger partial charge is 0.316 e. The number of aromatic nitrogens is 2. The Balaban J connectivity index is 1.38. The second-order valence-electron chi connectivity index (χ2n) is 9.94. The van der Waals surface area contributed by atoms with Crippen molar-refractivity contribution in [2.45, 2.75) is 18.3 Å². The summed E-state index contributed by atoms with van der Waals surface area (Å²) in [6.45, 7) is 1.55. The van der Waals surface area contributed by atoms with Crippen molar-refractivity contribution in [2.75, 3.05) is 56.2 Å². The van der Waals surface area contributed by atoms with Crippen LogP contribution in [0.5, 0.6) is 5.75 Å². The van der Waals surface area contributed by atoms with Crippen LogP contribution in [-0.4, -0.2) is 86.9 Å². The Labute approximate surface area is 233 Å². The van der Waals surface area contributed by atoms with Crippen molar-refractivity contribution < 1.29 is 21.6 Å². The first-order chi connectivity index (χ1) is 19.0. The van der Waals surface area contributed by atoms with Gasteiger partial charge in [0.25, 0.3) is 0 Å². The van der Waals surface area contributed by atoms with E-state index in [2.05, 4.69) is 5.10 Å². The van der Waals surface area contributed by atoms with Crippen molar-refractivity contribution in [3.8, 4) is 11.4 Å². The average molecular weight is 589 g/mol. The Morgan fingerprint density at radius 3 is 2.23 bits per heavy atom. The number of para-hydroxylation sites is 1. The number of nitrogens with two attached hydrogens (primary N) is 1. The van der Waals surface area contributed by atoms with Crippen LogP contribution in [0.3, 0.4) is 0 Å². The van der Waals surface area contributed by atoms with Gasteiger partial charge in [-0.25, -0.2) is 16.8 Å². The molecule has 14 heteroatoms. The molecule has 2 aliphatic rings. The van der Waals surface area contributed by atoms with Gasteiger partial charge in [-0.1, -0.05) is 30.3 Å². The first-order valence-electron chi connectivity index (χ1n) is 12.9. The number of ether oxygens (including phenoxy) is 1. The van der Waals surface area contributed by atoms with Crippen molar-refractivity contribution in [1.29, 1.82) is 0 Å². The normalized spacial score (nSPS) is 19.1. The van der Waals surface area contributed by atoms with Crippen LogP contribution in [0, 0.1) is 0 Å². The first-order valence-corrected chi connectivity index (χ1v) is 16.3. The minimum Gasteiger partial charge on any atom is -0.481 e. The van der Waals surface area contributed by atoms with E-state index in [1.165, 1.54) is 13.3 Å². The lowest BCUT2D eigenvalue weighted by Gasteiger charge is -2.36. The summed E-state index contributed by atoms with van der Waals surface area (Å²) in [5.41, 5.74) is 7.47. The van der Waals surface area contributed by atoms with Crippen molar-refractivity contribution >= 4 is 31.4 Å². The van der Waals surface area contributed by atoms with Gasteiger partial charge in [0, 0.05) is 38.4 Å². The van der Waals surface area contributed by atoms with E-state index in [1.807, 2.05) is 11.0 Å². The van der Waals surface area contributed by atoms with Crippen LogP contribution in [0.15, 0.2) is 65.6 Å². The zero-order valence-electron chi connectivity index (χ0n) is 22.1. The average Bonchev–Trinajstić information content (AvgIpc) is 3.41. The highest BCUT2D eigenvalue weighted by Crippen LogP contribution is 2.29. The Bertz CT molecular complexity index is 1620. The summed E-state index contributed by atoms with van der Waals surface area (Å²) in [6, 6.07) is 15.7. The molecular weight excluding hydrogens is 556 g/mol. The van der Waals surface area contributed by atoms with E-state index in [-0.39, 0.29) is 31.1 Å². The van der Waals surface area contributed by atoms with Gasteiger partial charge in [0.15, 0.2) is 0 Å². The summed E-state index contributed by atoms with van der Waals surface area (Å²) in [4.78, 5) is 15.5. The van der Waals surface area contributed by atoms with Gasteiger partial charge in [0.05, 0.1) is 30.4 Å². The number of rotatable bonds is 8. The summed E-state index contributed by atoms with van der Waals surface area (Å²) in [5, 5.41) is 4.38. The van der Waals surface area contributed by atoms with E-state index in [0.717, 1.165) is 6.26 Å². The zero-order chi connectivity index (χ0) is 28.5. The van der Waals surface area contributed by atoms with Crippen LogP contribution < -0.4 is 20.9 Å². The number of benzene rings is 2. The lowest BCUT2D eigenvalue weighted by atomic mass is 10.2. The summed E-state index contributed by atoms with van der Waals surface area (Å²) in [6.07, 6.45) is 2.63. The van der Waals surface area contributed by atoms with Crippen LogP contribution in [0.2, 0.25) is 0 Å². The Morgan fingerprint density at radius 2 is 1.60 bits per heavy atom. The number of sulfonamides is 2. The molecule has 2 fully saturated rings. The predicted octanol–water partition coefficient (Wildman–Crippen LogP) is 0.879. The molecule has 40 heavy (non-hydrogen) atoms. The lowest BCUT2D eigenvalue weighted by Crippen LogP contribution is -2.49. The molecule has 1 atom stereocenters. The molecule has 3 aromatic rings. The maximum absolute atomic E-state index is 13.7. The molecule has 0 unspecified atom stereocenters. The fraction of sp³-hybridized carbons (Fsp3) is 0.385. The highest BCUT2D eigenvalue weighted by Gasteiger charge is 2.33. The maximum atomic E-state index is 13.7. The van der Waals surface area contributed by atoms with Gasteiger partial charge in [-0.15, -0.1) is 0 Å². The summed E-state index contributed by atoms with van der Waals surface area (Å²) in [7, 11) is -6.95. The molecule has 2 aromatic carbocycles. The topological polar surface area (TPSA) is 148 Å².